The van der Waals surface area contributed by atoms with Crippen molar-refractivity contribution >= 4 is 11.8 Å². The zero-order valence-corrected chi connectivity index (χ0v) is 28.3. The highest BCUT2D eigenvalue weighted by Gasteiger charge is 2.40. The molecule has 2 aliphatic rings. The van der Waals surface area contributed by atoms with Crippen molar-refractivity contribution in [1.82, 2.24) is 10.6 Å². The minimum Gasteiger partial charge on any atom is -0.504 e. The van der Waals surface area contributed by atoms with Crippen LogP contribution in [-0.4, -0.2) is 60.7 Å². The molecule has 4 atom stereocenters. The van der Waals surface area contributed by atoms with Gasteiger partial charge in [-0.2, -0.15) is 0 Å². The van der Waals surface area contributed by atoms with Crippen molar-refractivity contribution in [1.29, 1.82) is 0 Å². The molecule has 4 rings (SSSR count). The number of ether oxygens (including phenoxy) is 4. The van der Waals surface area contributed by atoms with Gasteiger partial charge in [0, 0.05) is 25.9 Å². The second kappa shape index (κ2) is 18.6. The lowest BCUT2D eigenvalue weighted by Gasteiger charge is -2.08. The number of amides is 2. The number of hydrogen-bond donors (Lipinski definition) is 4. The first-order valence-corrected chi connectivity index (χ1v) is 16.6. The maximum Gasteiger partial charge on any atom is 0.220 e. The van der Waals surface area contributed by atoms with Crippen molar-refractivity contribution in [2.45, 2.75) is 117 Å². The molecule has 0 saturated carbocycles. The Morgan fingerprint density at radius 2 is 1.09 bits per heavy atom. The average Bonchev–Trinajstić information content (AvgIpc) is 3.96. The number of hydrogen-bond acceptors (Lipinski definition) is 8. The van der Waals surface area contributed by atoms with E-state index in [-0.39, 0.29) is 23.3 Å². The van der Waals surface area contributed by atoms with Crippen LogP contribution in [0.2, 0.25) is 0 Å². The van der Waals surface area contributed by atoms with Gasteiger partial charge in [-0.1, -0.05) is 52.7 Å². The van der Waals surface area contributed by atoms with Gasteiger partial charge in [0.1, 0.15) is 0 Å². The summed E-state index contributed by atoms with van der Waals surface area (Å²) in [4.78, 5) is 23.7. The first-order chi connectivity index (χ1) is 22.0. The zero-order chi connectivity index (χ0) is 33.6. The van der Waals surface area contributed by atoms with Gasteiger partial charge in [0.25, 0.3) is 0 Å². The molecule has 0 unspecified atom stereocenters. The van der Waals surface area contributed by atoms with Gasteiger partial charge >= 0.3 is 0 Å². The first-order valence-electron chi connectivity index (χ1n) is 16.6. The smallest absolute Gasteiger partial charge is 0.220 e. The molecule has 0 aromatic heterocycles. The summed E-state index contributed by atoms with van der Waals surface area (Å²) in [6.07, 6.45) is 8.64. The number of phenols is 2. The number of epoxide rings is 2. The number of phenolic OH excluding ortho intramolecular Hbond substituents is 2. The van der Waals surface area contributed by atoms with Crippen LogP contribution in [-0.2, 0) is 32.2 Å². The molecule has 46 heavy (non-hydrogen) atoms. The highest BCUT2D eigenvalue weighted by Crippen LogP contribution is 2.34. The Morgan fingerprint density at radius 1 is 0.696 bits per heavy atom. The van der Waals surface area contributed by atoms with Gasteiger partial charge in [0.2, 0.25) is 11.8 Å². The van der Waals surface area contributed by atoms with E-state index < -0.39 is 0 Å². The van der Waals surface area contributed by atoms with E-state index in [1.807, 2.05) is 0 Å². The predicted octanol–water partition coefficient (Wildman–Crippen LogP) is 6.00. The molecule has 2 amide bonds. The van der Waals surface area contributed by atoms with Crippen LogP contribution in [0.5, 0.6) is 23.0 Å². The Hall–Kier alpha value is -3.50. The minimum atomic E-state index is 0.0502. The molecule has 2 aromatic carbocycles. The van der Waals surface area contributed by atoms with Gasteiger partial charge in [0.15, 0.2) is 23.0 Å². The van der Waals surface area contributed by atoms with Crippen LogP contribution < -0.4 is 20.1 Å². The van der Waals surface area contributed by atoms with Crippen molar-refractivity contribution in [2.24, 2.45) is 11.8 Å². The predicted molar refractivity (Wildman–Crippen MR) is 177 cm³/mol. The Morgan fingerprint density at radius 3 is 1.41 bits per heavy atom. The Kier molecular flexibility index (Phi) is 14.9. The van der Waals surface area contributed by atoms with Crippen LogP contribution in [0.15, 0.2) is 36.4 Å². The van der Waals surface area contributed by atoms with Gasteiger partial charge < -0.3 is 39.8 Å². The van der Waals surface area contributed by atoms with Gasteiger partial charge in [-0.3, -0.25) is 9.59 Å². The first kappa shape index (κ1) is 37.0. The van der Waals surface area contributed by atoms with Crippen molar-refractivity contribution < 1.29 is 38.7 Å². The maximum atomic E-state index is 11.8. The number of rotatable bonds is 18. The highest BCUT2D eigenvalue weighted by atomic mass is 16.6. The third-order valence-corrected chi connectivity index (χ3v) is 8.31. The molecule has 4 N–H and O–H groups in total. The molecule has 2 saturated heterocycles. The topological polar surface area (TPSA) is 142 Å². The number of nitrogens with one attached hydrogen (secondary N) is 2. The summed E-state index contributed by atoms with van der Waals surface area (Å²) in [6, 6.07) is 10.1. The summed E-state index contributed by atoms with van der Waals surface area (Å²) in [5, 5.41) is 24.9. The SMILES string of the molecule is COc1cc(CNC(=O)CCCC[C@@H]2O[C@H]2C(C)C)ccc1O.COc1cc(CNC(=O)CCCC[C@H]2O[C@@H]2C(C)C)ccc1O. The highest BCUT2D eigenvalue weighted by molar-refractivity contribution is 5.76. The molecule has 2 aromatic rings. The molecule has 0 spiro atoms. The van der Waals surface area contributed by atoms with E-state index >= 15 is 0 Å². The summed E-state index contributed by atoms with van der Waals surface area (Å²) in [5.74, 6) is 2.32. The fraction of sp³-hybridized carbons (Fsp3) is 0.611. The van der Waals surface area contributed by atoms with E-state index in [0.717, 1.165) is 49.7 Å². The maximum absolute atomic E-state index is 11.8. The van der Waals surface area contributed by atoms with Gasteiger partial charge in [-0.15, -0.1) is 0 Å². The van der Waals surface area contributed by atoms with Crippen molar-refractivity contribution in [2.75, 3.05) is 14.2 Å². The number of methoxy groups -OCH3 is 2. The normalized spacial score (nSPS) is 19.7. The van der Waals surface area contributed by atoms with E-state index in [2.05, 4.69) is 38.3 Å². The number of aromatic hydroxyl groups is 2. The van der Waals surface area contributed by atoms with E-state index in [0.29, 0.717) is 73.7 Å². The van der Waals surface area contributed by atoms with E-state index in [9.17, 15) is 19.8 Å². The van der Waals surface area contributed by atoms with Crippen LogP contribution in [0.25, 0.3) is 0 Å². The van der Waals surface area contributed by atoms with E-state index in [4.69, 9.17) is 18.9 Å². The lowest BCUT2D eigenvalue weighted by Crippen LogP contribution is -2.22. The number of unbranched alkanes of at least 4 members (excludes halogenated alkanes) is 2. The third kappa shape index (κ3) is 12.7. The Balaban J connectivity index is 0.000000250. The molecule has 10 heteroatoms. The summed E-state index contributed by atoms with van der Waals surface area (Å²) in [7, 11) is 3.01. The number of carbonyl (C=O) groups excluding carboxylic acids is 2. The van der Waals surface area contributed by atoms with Crippen LogP contribution in [0.1, 0.15) is 90.2 Å². The molecular formula is C36H54N2O8. The molecule has 0 radical (unpaired) electrons. The Labute approximate surface area is 274 Å². The van der Waals surface area contributed by atoms with Gasteiger partial charge in [-0.05, 0) is 72.9 Å². The Bertz CT molecular complexity index is 1160. The molecule has 2 fully saturated rings. The van der Waals surface area contributed by atoms with Crippen LogP contribution in [0.4, 0.5) is 0 Å². The van der Waals surface area contributed by atoms with Crippen molar-refractivity contribution in [3.8, 4) is 23.0 Å². The zero-order valence-electron chi connectivity index (χ0n) is 28.3. The summed E-state index contributed by atoms with van der Waals surface area (Å²) in [6.45, 7) is 9.59. The molecule has 0 aliphatic carbocycles. The lowest BCUT2D eigenvalue weighted by atomic mass is 10.0. The van der Waals surface area contributed by atoms with E-state index in [1.165, 1.54) is 14.2 Å². The van der Waals surface area contributed by atoms with Crippen molar-refractivity contribution in [3.05, 3.63) is 47.5 Å². The number of benzene rings is 2. The summed E-state index contributed by atoms with van der Waals surface area (Å²) in [5.41, 5.74) is 1.80. The molecule has 256 valence electrons. The summed E-state index contributed by atoms with van der Waals surface area (Å²) < 4.78 is 21.3. The molecule has 2 aliphatic heterocycles. The van der Waals surface area contributed by atoms with Crippen molar-refractivity contribution in [3.63, 3.8) is 0 Å². The third-order valence-electron chi connectivity index (χ3n) is 8.31. The molecule has 2 heterocycles. The van der Waals surface area contributed by atoms with Gasteiger partial charge in [0.05, 0.1) is 38.6 Å². The standard InChI is InChI=1S/2C18H27NO4/c2*1-12(2)18-15(23-18)6-4-5-7-17(21)19-11-13-8-9-14(20)16(10-13)22-3/h2*8-10,12,15,18,20H,4-7,11H2,1-3H3,(H,19,21)/t2*15-,18-/m10/s1. The fourth-order valence-corrected chi connectivity index (χ4v) is 5.45. The fourth-order valence-electron chi connectivity index (χ4n) is 5.45. The van der Waals surface area contributed by atoms with E-state index in [1.54, 1.807) is 36.4 Å². The second-order valence-corrected chi connectivity index (χ2v) is 12.8. The quantitative estimate of drug-likeness (QED) is 0.115. The molecule has 0 bridgehead atoms. The lowest BCUT2D eigenvalue weighted by molar-refractivity contribution is -0.122. The van der Waals surface area contributed by atoms with Crippen LogP contribution in [0.3, 0.4) is 0 Å². The minimum absolute atomic E-state index is 0.0502. The largest absolute Gasteiger partial charge is 0.504 e. The van der Waals surface area contributed by atoms with Crippen LogP contribution >= 0.6 is 0 Å². The second-order valence-electron chi connectivity index (χ2n) is 12.8. The molecule has 10 nitrogen and oxygen atoms in total. The average molecular weight is 643 g/mol. The summed E-state index contributed by atoms with van der Waals surface area (Å²) >= 11 is 0. The monoisotopic (exact) mass is 642 g/mol. The number of carbonyl (C=O) groups is 2. The van der Waals surface area contributed by atoms with Gasteiger partial charge in [-0.25, -0.2) is 0 Å². The van der Waals surface area contributed by atoms with Crippen LogP contribution in [0, 0.1) is 11.8 Å². The molecular weight excluding hydrogens is 588 g/mol.